The molecule has 5 N–H and O–H groups in total. The molecule has 5 rings (SSSR count). The van der Waals surface area contributed by atoms with Crippen LogP contribution in [-0.2, 0) is 6.54 Å². The lowest BCUT2D eigenvalue weighted by atomic mass is 10.0. The number of aromatic nitrogens is 1. The van der Waals surface area contributed by atoms with Gasteiger partial charge >= 0.3 is 0 Å². The molecule has 2 heterocycles. The number of allylic oxidation sites excluding steroid dienone is 3. The standard InChI is InChI=1S/C35H43N5O3/c1-24-15-18-40(34(41)21-24)23-28-9-8-27(35(42)38-29-16-19-39(20-17-29)30-5-3-4-6-30)22-33(28)43-31-12-10-26(11-13-31)32(37)14-7-25(2)36/h7-15,18,21-22,29-30H,3-6,16-17,19-20,23,36-37H2,1-2H3,(H,38,42)/b25-7-,32-14-. The number of piperidine rings is 1. The number of carbonyl (C=O) groups is 1. The summed E-state index contributed by atoms with van der Waals surface area (Å²) in [5, 5.41) is 3.25. The summed E-state index contributed by atoms with van der Waals surface area (Å²) in [6, 6.07) is 17.3. The summed E-state index contributed by atoms with van der Waals surface area (Å²) in [6.45, 7) is 6.08. The highest BCUT2D eigenvalue weighted by Gasteiger charge is 2.28. The number of nitrogens with one attached hydrogen (secondary N) is 1. The third-order valence-corrected chi connectivity index (χ3v) is 8.47. The predicted octanol–water partition coefficient (Wildman–Crippen LogP) is 5.30. The molecule has 1 saturated carbocycles. The number of carbonyl (C=O) groups excluding carboxylic acids is 1. The molecule has 1 aliphatic heterocycles. The van der Waals surface area contributed by atoms with Crippen molar-refractivity contribution in [3.63, 3.8) is 0 Å². The van der Waals surface area contributed by atoms with Crippen molar-refractivity contribution < 1.29 is 9.53 Å². The molecule has 0 bridgehead atoms. The fourth-order valence-corrected chi connectivity index (χ4v) is 5.95. The van der Waals surface area contributed by atoms with Crippen LogP contribution in [0.25, 0.3) is 5.70 Å². The van der Waals surface area contributed by atoms with Crippen LogP contribution in [0.5, 0.6) is 11.5 Å². The zero-order valence-corrected chi connectivity index (χ0v) is 25.2. The second-order valence-corrected chi connectivity index (χ2v) is 11.9. The van der Waals surface area contributed by atoms with E-state index in [9.17, 15) is 9.59 Å². The van der Waals surface area contributed by atoms with E-state index in [4.69, 9.17) is 16.2 Å². The molecule has 0 radical (unpaired) electrons. The van der Waals surface area contributed by atoms with Gasteiger partial charge in [-0.1, -0.05) is 18.9 Å². The number of nitrogens with two attached hydrogens (primary N) is 2. The first-order valence-electron chi connectivity index (χ1n) is 15.3. The summed E-state index contributed by atoms with van der Waals surface area (Å²) in [7, 11) is 0. The minimum atomic E-state index is -0.111. The molecule has 0 spiro atoms. The third kappa shape index (κ3) is 7.96. The van der Waals surface area contributed by atoms with Crippen LogP contribution in [0.15, 0.2) is 83.4 Å². The van der Waals surface area contributed by atoms with E-state index < -0.39 is 0 Å². The number of hydrogen-bond donors (Lipinski definition) is 3. The summed E-state index contributed by atoms with van der Waals surface area (Å²) in [5.74, 6) is 1.00. The van der Waals surface area contributed by atoms with Crippen LogP contribution >= 0.6 is 0 Å². The average Bonchev–Trinajstić information content (AvgIpc) is 3.54. The van der Waals surface area contributed by atoms with E-state index in [1.165, 1.54) is 25.7 Å². The van der Waals surface area contributed by atoms with E-state index in [2.05, 4.69) is 10.2 Å². The Kier molecular flexibility index (Phi) is 9.67. The number of amides is 1. The van der Waals surface area contributed by atoms with Crippen molar-refractivity contribution in [2.24, 2.45) is 11.5 Å². The summed E-state index contributed by atoms with van der Waals surface area (Å²) >= 11 is 0. The zero-order chi connectivity index (χ0) is 30.3. The van der Waals surface area contributed by atoms with E-state index in [0.29, 0.717) is 35.0 Å². The van der Waals surface area contributed by atoms with E-state index in [1.807, 2.05) is 49.4 Å². The molecule has 8 heteroatoms. The maximum absolute atomic E-state index is 13.4. The van der Waals surface area contributed by atoms with Gasteiger partial charge in [0, 0.05) is 60.0 Å². The minimum absolute atomic E-state index is 0.0925. The van der Waals surface area contributed by atoms with Crippen molar-refractivity contribution in [1.82, 2.24) is 14.8 Å². The first-order valence-corrected chi connectivity index (χ1v) is 15.3. The number of likely N-dealkylation sites (tertiary alicyclic amines) is 1. The Morgan fingerprint density at radius 3 is 2.33 bits per heavy atom. The molecular formula is C35H43N5O3. The Hall–Kier alpha value is -4.30. The van der Waals surface area contributed by atoms with Crippen LogP contribution < -0.4 is 27.1 Å². The molecule has 43 heavy (non-hydrogen) atoms. The van der Waals surface area contributed by atoms with Crippen molar-refractivity contribution in [2.75, 3.05) is 13.1 Å². The Bertz CT molecular complexity index is 1540. The second kappa shape index (κ2) is 13.8. The summed E-state index contributed by atoms with van der Waals surface area (Å²) < 4.78 is 7.97. The fraction of sp³-hybridized carbons (Fsp3) is 0.371. The summed E-state index contributed by atoms with van der Waals surface area (Å²) in [6.07, 6.45) is 12.5. The molecular weight excluding hydrogens is 538 g/mol. The van der Waals surface area contributed by atoms with Crippen LogP contribution in [0.3, 0.4) is 0 Å². The highest BCUT2D eigenvalue weighted by Crippen LogP contribution is 2.29. The minimum Gasteiger partial charge on any atom is -0.457 e. The number of rotatable bonds is 9. The summed E-state index contributed by atoms with van der Waals surface area (Å²) in [4.78, 5) is 28.6. The number of pyridine rings is 1. The topological polar surface area (TPSA) is 116 Å². The van der Waals surface area contributed by atoms with Gasteiger partial charge in [-0.25, -0.2) is 0 Å². The van der Waals surface area contributed by atoms with Gasteiger partial charge < -0.3 is 31.0 Å². The van der Waals surface area contributed by atoms with Gasteiger partial charge in [0.2, 0.25) is 0 Å². The second-order valence-electron chi connectivity index (χ2n) is 11.9. The maximum Gasteiger partial charge on any atom is 0.251 e. The van der Waals surface area contributed by atoms with Gasteiger partial charge in [-0.2, -0.15) is 0 Å². The summed E-state index contributed by atoms with van der Waals surface area (Å²) in [5.41, 5.74) is 16.1. The Balaban J connectivity index is 1.33. The molecule has 1 aromatic heterocycles. The maximum atomic E-state index is 13.4. The largest absolute Gasteiger partial charge is 0.457 e. The van der Waals surface area contributed by atoms with Gasteiger partial charge in [-0.05, 0) is 105 Å². The van der Waals surface area contributed by atoms with Crippen LogP contribution in [0.1, 0.15) is 72.5 Å². The Morgan fingerprint density at radius 1 is 0.953 bits per heavy atom. The molecule has 226 valence electrons. The normalized spacial score (nSPS) is 17.3. The molecule has 2 fully saturated rings. The lowest BCUT2D eigenvalue weighted by Gasteiger charge is -2.36. The number of aryl methyl sites for hydroxylation is 1. The number of nitrogens with zero attached hydrogens (tertiary/aromatic N) is 2. The quantitative estimate of drug-likeness (QED) is 0.296. The van der Waals surface area contributed by atoms with Crippen molar-refractivity contribution >= 4 is 11.6 Å². The highest BCUT2D eigenvalue weighted by atomic mass is 16.5. The van der Waals surface area contributed by atoms with Gasteiger partial charge in [0.15, 0.2) is 0 Å². The van der Waals surface area contributed by atoms with E-state index in [1.54, 1.807) is 42.0 Å². The molecule has 2 aliphatic rings. The van der Waals surface area contributed by atoms with Gasteiger partial charge in [-0.15, -0.1) is 0 Å². The smallest absolute Gasteiger partial charge is 0.251 e. The first-order chi connectivity index (χ1) is 20.7. The lowest BCUT2D eigenvalue weighted by Crippen LogP contribution is -2.47. The Morgan fingerprint density at radius 2 is 1.65 bits per heavy atom. The van der Waals surface area contributed by atoms with Gasteiger partial charge in [-0.3, -0.25) is 9.59 Å². The molecule has 1 aliphatic carbocycles. The van der Waals surface area contributed by atoms with E-state index >= 15 is 0 Å². The monoisotopic (exact) mass is 581 g/mol. The molecule has 1 saturated heterocycles. The van der Waals surface area contributed by atoms with Crippen molar-refractivity contribution in [2.45, 2.75) is 71.0 Å². The van der Waals surface area contributed by atoms with Crippen LogP contribution in [0.4, 0.5) is 0 Å². The highest BCUT2D eigenvalue weighted by molar-refractivity contribution is 5.95. The first kappa shape index (κ1) is 30.2. The Labute approximate surface area is 254 Å². The van der Waals surface area contributed by atoms with Crippen LogP contribution in [0, 0.1) is 6.92 Å². The van der Waals surface area contributed by atoms with Gasteiger partial charge in [0.1, 0.15) is 11.5 Å². The van der Waals surface area contributed by atoms with Crippen molar-refractivity contribution in [3.8, 4) is 11.5 Å². The number of benzene rings is 2. The SMILES string of the molecule is C/C(N)=C/C=C(\N)c1ccc(Oc2cc(C(=O)NC3CCN(C4CCCC4)CC3)ccc2Cn2ccc(C)cc2=O)cc1. The average molecular weight is 582 g/mol. The fourth-order valence-electron chi connectivity index (χ4n) is 5.95. The van der Waals surface area contributed by atoms with Gasteiger partial charge in [0.05, 0.1) is 6.54 Å². The molecule has 2 aromatic carbocycles. The lowest BCUT2D eigenvalue weighted by molar-refractivity contribution is 0.0892. The number of hydrogen-bond acceptors (Lipinski definition) is 6. The molecule has 8 nitrogen and oxygen atoms in total. The zero-order valence-electron chi connectivity index (χ0n) is 25.2. The predicted molar refractivity (Wildman–Crippen MR) is 172 cm³/mol. The van der Waals surface area contributed by atoms with E-state index in [0.717, 1.165) is 48.7 Å². The molecule has 0 unspecified atom stereocenters. The molecule has 1 amide bonds. The van der Waals surface area contributed by atoms with Crippen molar-refractivity contribution in [1.29, 1.82) is 0 Å². The molecule has 0 atom stereocenters. The van der Waals surface area contributed by atoms with Crippen molar-refractivity contribution in [3.05, 3.63) is 111 Å². The van der Waals surface area contributed by atoms with Gasteiger partial charge in [0.25, 0.3) is 11.5 Å². The number of ether oxygens (including phenoxy) is 1. The molecule has 3 aromatic rings. The van der Waals surface area contributed by atoms with Crippen LogP contribution in [0.2, 0.25) is 0 Å². The van der Waals surface area contributed by atoms with Crippen LogP contribution in [-0.4, -0.2) is 40.5 Å². The third-order valence-electron chi connectivity index (χ3n) is 8.47. The van der Waals surface area contributed by atoms with E-state index in [-0.39, 0.29) is 17.5 Å².